The van der Waals surface area contributed by atoms with E-state index in [4.69, 9.17) is 10.00 Å². The molecule has 18 heavy (non-hydrogen) atoms. The van der Waals surface area contributed by atoms with Gasteiger partial charge in [0.15, 0.2) is 0 Å². The molecule has 1 aromatic rings. The lowest BCUT2D eigenvalue weighted by Crippen LogP contribution is -2.29. The van der Waals surface area contributed by atoms with E-state index >= 15 is 0 Å². The van der Waals surface area contributed by atoms with Crippen LogP contribution in [0, 0.1) is 16.7 Å². The highest BCUT2D eigenvalue weighted by molar-refractivity contribution is 5.32. The summed E-state index contributed by atoms with van der Waals surface area (Å²) in [6.45, 7) is 6.05. The molecule has 0 unspecified atom stereocenters. The van der Waals surface area contributed by atoms with Crippen LogP contribution < -0.4 is 10.1 Å². The third kappa shape index (κ3) is 4.77. The van der Waals surface area contributed by atoms with Crippen molar-refractivity contribution in [3.63, 3.8) is 0 Å². The van der Waals surface area contributed by atoms with E-state index < -0.39 is 0 Å². The van der Waals surface area contributed by atoms with Crippen LogP contribution in [-0.2, 0) is 6.54 Å². The molecule has 98 valence electrons. The van der Waals surface area contributed by atoms with Crippen LogP contribution in [0.2, 0.25) is 0 Å². The summed E-state index contributed by atoms with van der Waals surface area (Å²) < 4.78 is 5.31. The Labute approximate surface area is 110 Å². The maximum Gasteiger partial charge on any atom is 0.123 e. The number of para-hydroxylation sites is 1. The van der Waals surface area contributed by atoms with E-state index in [1.54, 1.807) is 7.11 Å². The van der Waals surface area contributed by atoms with E-state index in [2.05, 4.69) is 31.3 Å². The molecule has 3 heteroatoms. The van der Waals surface area contributed by atoms with Crippen LogP contribution >= 0.6 is 0 Å². The van der Waals surface area contributed by atoms with Crippen LogP contribution in [-0.4, -0.2) is 13.7 Å². The number of benzene rings is 1. The third-order valence-electron chi connectivity index (χ3n) is 3.03. The Morgan fingerprint density at radius 2 is 2.06 bits per heavy atom. The standard InChI is InChI=1S/C15H22N2O/c1-15(2,9-6-10-16)12-17-11-13-7-4-5-8-14(13)18-3/h4-5,7-8,17H,6,9,11-12H2,1-3H3. The van der Waals surface area contributed by atoms with E-state index in [1.807, 2.05) is 18.2 Å². The summed E-state index contributed by atoms with van der Waals surface area (Å²) in [4.78, 5) is 0. The Morgan fingerprint density at radius 3 is 2.72 bits per heavy atom. The molecule has 0 saturated carbocycles. The number of hydrogen-bond donors (Lipinski definition) is 1. The lowest BCUT2D eigenvalue weighted by Gasteiger charge is -2.24. The van der Waals surface area contributed by atoms with Crippen molar-refractivity contribution in [2.75, 3.05) is 13.7 Å². The molecular formula is C15H22N2O. The zero-order valence-electron chi connectivity index (χ0n) is 11.5. The van der Waals surface area contributed by atoms with E-state index in [1.165, 1.54) is 0 Å². The van der Waals surface area contributed by atoms with Crippen LogP contribution in [0.5, 0.6) is 5.75 Å². The van der Waals surface area contributed by atoms with Gasteiger partial charge in [0.1, 0.15) is 5.75 Å². The third-order valence-corrected chi connectivity index (χ3v) is 3.03. The second kappa shape index (κ2) is 7.03. The van der Waals surface area contributed by atoms with Crippen LogP contribution in [0.4, 0.5) is 0 Å². The molecule has 1 N–H and O–H groups in total. The summed E-state index contributed by atoms with van der Waals surface area (Å²) in [6.07, 6.45) is 1.53. The molecule has 0 radical (unpaired) electrons. The maximum absolute atomic E-state index is 8.61. The fourth-order valence-electron chi connectivity index (χ4n) is 1.87. The highest BCUT2D eigenvalue weighted by atomic mass is 16.5. The molecule has 0 bridgehead atoms. The van der Waals surface area contributed by atoms with Crippen molar-refractivity contribution in [2.24, 2.45) is 5.41 Å². The average Bonchev–Trinajstić information content (AvgIpc) is 2.37. The minimum Gasteiger partial charge on any atom is -0.496 e. The van der Waals surface area contributed by atoms with Crippen LogP contribution in [0.3, 0.4) is 0 Å². The molecule has 3 nitrogen and oxygen atoms in total. The van der Waals surface area contributed by atoms with E-state index in [0.717, 1.165) is 30.8 Å². The Hall–Kier alpha value is -1.53. The number of rotatable bonds is 7. The Bertz CT molecular complexity index is 407. The lowest BCUT2D eigenvalue weighted by molar-refractivity contribution is 0.316. The van der Waals surface area contributed by atoms with Crippen molar-refractivity contribution < 1.29 is 4.74 Å². The molecule has 0 aliphatic carbocycles. The quantitative estimate of drug-likeness (QED) is 0.804. The fourth-order valence-corrected chi connectivity index (χ4v) is 1.87. The molecule has 0 aromatic heterocycles. The predicted octanol–water partition coefficient (Wildman–Crippen LogP) is 3.11. The van der Waals surface area contributed by atoms with Gasteiger partial charge in [-0.15, -0.1) is 0 Å². The van der Waals surface area contributed by atoms with Crippen molar-refractivity contribution >= 4 is 0 Å². The van der Waals surface area contributed by atoms with Gasteiger partial charge in [0, 0.05) is 25.1 Å². The first-order chi connectivity index (χ1) is 8.59. The molecule has 1 rings (SSSR count). The summed E-state index contributed by atoms with van der Waals surface area (Å²) in [7, 11) is 1.69. The molecule has 0 amide bonds. The molecule has 0 spiro atoms. The number of hydrogen-bond acceptors (Lipinski definition) is 3. The average molecular weight is 246 g/mol. The monoisotopic (exact) mass is 246 g/mol. The molecule has 0 saturated heterocycles. The molecule has 1 aromatic carbocycles. The van der Waals surface area contributed by atoms with Gasteiger partial charge in [0.25, 0.3) is 0 Å². The van der Waals surface area contributed by atoms with Crippen LogP contribution in [0.1, 0.15) is 32.3 Å². The summed E-state index contributed by atoms with van der Waals surface area (Å²) in [5, 5.41) is 12.1. The van der Waals surface area contributed by atoms with Gasteiger partial charge in [-0.1, -0.05) is 32.0 Å². The number of nitrogens with one attached hydrogen (secondary N) is 1. The van der Waals surface area contributed by atoms with Crippen molar-refractivity contribution in [2.45, 2.75) is 33.2 Å². The van der Waals surface area contributed by atoms with Gasteiger partial charge in [-0.2, -0.15) is 5.26 Å². The summed E-state index contributed by atoms with van der Waals surface area (Å²) in [5.41, 5.74) is 1.31. The van der Waals surface area contributed by atoms with Gasteiger partial charge >= 0.3 is 0 Å². The lowest BCUT2D eigenvalue weighted by atomic mass is 9.88. The van der Waals surface area contributed by atoms with E-state index in [-0.39, 0.29) is 5.41 Å². The summed E-state index contributed by atoms with van der Waals surface area (Å²) >= 11 is 0. The Morgan fingerprint density at radius 1 is 1.33 bits per heavy atom. The predicted molar refractivity (Wildman–Crippen MR) is 73.3 cm³/mol. The van der Waals surface area contributed by atoms with Crippen LogP contribution in [0.25, 0.3) is 0 Å². The molecule has 0 fully saturated rings. The zero-order valence-corrected chi connectivity index (χ0v) is 11.5. The van der Waals surface area contributed by atoms with Crippen molar-refractivity contribution in [1.82, 2.24) is 5.32 Å². The van der Waals surface area contributed by atoms with Gasteiger partial charge in [0.05, 0.1) is 13.2 Å². The maximum atomic E-state index is 8.61. The summed E-state index contributed by atoms with van der Waals surface area (Å²) in [6, 6.07) is 10.2. The smallest absolute Gasteiger partial charge is 0.123 e. The zero-order chi connectivity index (χ0) is 13.4. The van der Waals surface area contributed by atoms with Crippen molar-refractivity contribution in [3.05, 3.63) is 29.8 Å². The van der Waals surface area contributed by atoms with Gasteiger partial charge in [-0.25, -0.2) is 0 Å². The SMILES string of the molecule is COc1ccccc1CNCC(C)(C)CCC#N. The van der Waals surface area contributed by atoms with Gasteiger partial charge in [-0.3, -0.25) is 0 Å². The first kappa shape index (κ1) is 14.5. The molecule has 0 aliphatic rings. The molecular weight excluding hydrogens is 224 g/mol. The van der Waals surface area contributed by atoms with Gasteiger partial charge < -0.3 is 10.1 Å². The van der Waals surface area contributed by atoms with E-state index in [9.17, 15) is 0 Å². The first-order valence-corrected chi connectivity index (χ1v) is 6.28. The fraction of sp³-hybridized carbons (Fsp3) is 0.533. The minimum absolute atomic E-state index is 0.151. The van der Waals surface area contributed by atoms with E-state index in [0.29, 0.717) is 6.42 Å². The number of nitriles is 1. The molecule has 0 aliphatic heterocycles. The number of methoxy groups -OCH3 is 1. The van der Waals surface area contributed by atoms with Crippen molar-refractivity contribution in [3.8, 4) is 11.8 Å². The second-order valence-electron chi connectivity index (χ2n) is 5.24. The highest BCUT2D eigenvalue weighted by Crippen LogP contribution is 2.22. The Kier molecular flexibility index (Phi) is 5.67. The van der Waals surface area contributed by atoms with Crippen molar-refractivity contribution in [1.29, 1.82) is 5.26 Å². The van der Waals surface area contributed by atoms with Gasteiger partial charge in [0.2, 0.25) is 0 Å². The number of nitrogens with zero attached hydrogens (tertiary/aromatic N) is 1. The first-order valence-electron chi connectivity index (χ1n) is 6.28. The largest absolute Gasteiger partial charge is 0.496 e. The second-order valence-corrected chi connectivity index (χ2v) is 5.24. The normalized spacial score (nSPS) is 11.0. The Balaban J connectivity index is 2.44. The molecule has 0 atom stereocenters. The summed E-state index contributed by atoms with van der Waals surface area (Å²) in [5.74, 6) is 0.917. The number of ether oxygens (including phenoxy) is 1. The topological polar surface area (TPSA) is 45.0 Å². The van der Waals surface area contributed by atoms with Gasteiger partial charge in [-0.05, 0) is 17.9 Å². The molecule has 0 heterocycles. The highest BCUT2D eigenvalue weighted by Gasteiger charge is 2.16. The minimum atomic E-state index is 0.151. The van der Waals surface area contributed by atoms with Crippen LogP contribution in [0.15, 0.2) is 24.3 Å².